The maximum Gasteiger partial charge on any atom is 0.166 e. The molecular weight excluding hydrogens is 266 g/mol. The minimum atomic E-state index is -0.198. The summed E-state index contributed by atoms with van der Waals surface area (Å²) in [5.41, 5.74) is 3.11. The summed E-state index contributed by atoms with van der Waals surface area (Å²) in [7, 11) is 0. The van der Waals surface area contributed by atoms with Gasteiger partial charge in [0, 0.05) is 43.3 Å². The Morgan fingerprint density at radius 1 is 1.33 bits per heavy atom. The third-order valence-electron chi connectivity index (χ3n) is 5.03. The molecule has 1 spiro atoms. The minimum absolute atomic E-state index is 0.0767. The van der Waals surface area contributed by atoms with Crippen molar-refractivity contribution in [2.24, 2.45) is 5.92 Å². The van der Waals surface area contributed by atoms with Gasteiger partial charge in [-0.1, -0.05) is 0 Å². The van der Waals surface area contributed by atoms with Crippen molar-refractivity contribution in [1.29, 1.82) is 0 Å². The zero-order valence-electron chi connectivity index (χ0n) is 12.2. The number of anilines is 1. The molecule has 3 heterocycles. The topological polar surface area (TPSA) is 47.6 Å². The Hall–Kier alpha value is -1.39. The van der Waals surface area contributed by atoms with Crippen LogP contribution < -0.4 is 5.32 Å². The first kappa shape index (κ1) is 13.3. The Balaban J connectivity index is 1.54. The number of ether oxygens (including phenoxy) is 2. The molecule has 1 aromatic carbocycles. The number of hydrogen-bond acceptors (Lipinski definition) is 4. The van der Waals surface area contributed by atoms with Crippen LogP contribution in [0.3, 0.4) is 0 Å². The molecule has 4 heteroatoms. The molecule has 112 valence electrons. The van der Waals surface area contributed by atoms with Gasteiger partial charge < -0.3 is 14.8 Å². The molecule has 0 aromatic heterocycles. The second kappa shape index (κ2) is 5.11. The molecule has 1 aromatic rings. The normalized spacial score (nSPS) is 31.1. The number of fused-ring (bicyclic) bond motifs is 1. The van der Waals surface area contributed by atoms with E-state index >= 15 is 0 Å². The van der Waals surface area contributed by atoms with E-state index in [0.717, 1.165) is 44.4 Å². The molecular formula is C17H21NO3. The van der Waals surface area contributed by atoms with E-state index in [4.69, 9.17) is 9.47 Å². The van der Waals surface area contributed by atoms with Gasteiger partial charge in [0.25, 0.3) is 0 Å². The fraction of sp³-hybridized carbons (Fsp3) is 0.588. The highest BCUT2D eigenvalue weighted by atomic mass is 16.6. The molecule has 2 atom stereocenters. The van der Waals surface area contributed by atoms with Gasteiger partial charge in [-0.05, 0) is 43.0 Å². The molecule has 0 radical (unpaired) electrons. The van der Waals surface area contributed by atoms with Crippen LogP contribution >= 0.6 is 0 Å². The fourth-order valence-electron chi connectivity index (χ4n) is 3.81. The van der Waals surface area contributed by atoms with Gasteiger partial charge in [0.1, 0.15) is 0 Å². The molecule has 2 fully saturated rings. The fourth-order valence-corrected chi connectivity index (χ4v) is 3.81. The molecule has 3 aliphatic heterocycles. The molecule has 21 heavy (non-hydrogen) atoms. The lowest BCUT2D eigenvalue weighted by Gasteiger charge is -2.36. The van der Waals surface area contributed by atoms with Crippen molar-refractivity contribution in [1.82, 2.24) is 0 Å². The van der Waals surface area contributed by atoms with Gasteiger partial charge in [-0.2, -0.15) is 0 Å². The van der Waals surface area contributed by atoms with Crippen molar-refractivity contribution in [3.63, 3.8) is 0 Å². The second-order valence-corrected chi connectivity index (χ2v) is 6.44. The minimum Gasteiger partial charge on any atom is -0.384 e. The van der Waals surface area contributed by atoms with Gasteiger partial charge in [0.2, 0.25) is 0 Å². The lowest BCUT2D eigenvalue weighted by molar-refractivity contribution is -0.0920. The van der Waals surface area contributed by atoms with Gasteiger partial charge >= 0.3 is 0 Å². The van der Waals surface area contributed by atoms with E-state index in [2.05, 4.69) is 11.4 Å². The van der Waals surface area contributed by atoms with E-state index in [1.54, 1.807) is 0 Å². The Bertz CT molecular complexity index is 563. The van der Waals surface area contributed by atoms with Crippen molar-refractivity contribution < 1.29 is 14.3 Å². The molecule has 4 rings (SSSR count). The van der Waals surface area contributed by atoms with Crippen LogP contribution in [0.5, 0.6) is 0 Å². The number of benzene rings is 1. The summed E-state index contributed by atoms with van der Waals surface area (Å²) in [5, 5.41) is 3.34. The first-order valence-electron chi connectivity index (χ1n) is 7.89. The maximum atomic E-state index is 12.8. The zero-order chi connectivity index (χ0) is 14.3. The van der Waals surface area contributed by atoms with Crippen molar-refractivity contribution in [3.8, 4) is 0 Å². The zero-order valence-corrected chi connectivity index (χ0v) is 12.2. The lowest BCUT2D eigenvalue weighted by atomic mass is 9.81. The largest absolute Gasteiger partial charge is 0.384 e. The smallest absolute Gasteiger partial charge is 0.166 e. The molecule has 2 saturated heterocycles. The molecule has 0 amide bonds. The third kappa shape index (κ3) is 2.36. The predicted molar refractivity (Wildman–Crippen MR) is 79.8 cm³/mol. The first-order valence-corrected chi connectivity index (χ1v) is 7.89. The molecule has 0 bridgehead atoms. The van der Waals surface area contributed by atoms with E-state index in [1.165, 1.54) is 11.3 Å². The molecule has 2 unspecified atom stereocenters. The highest BCUT2D eigenvalue weighted by Crippen LogP contribution is 2.37. The SMILES string of the molecule is O=C(c1ccc2c(c1)CCN2)C1CCOC2(CCOC2)C1. The van der Waals surface area contributed by atoms with Crippen LogP contribution in [-0.2, 0) is 15.9 Å². The number of carbonyl (C=O) groups excluding carboxylic acids is 1. The van der Waals surface area contributed by atoms with Crippen molar-refractivity contribution in [2.75, 3.05) is 31.7 Å². The number of ketones is 1. The number of nitrogens with one attached hydrogen (secondary N) is 1. The van der Waals surface area contributed by atoms with Crippen LogP contribution in [0.25, 0.3) is 0 Å². The van der Waals surface area contributed by atoms with E-state index in [9.17, 15) is 4.79 Å². The van der Waals surface area contributed by atoms with Crippen LogP contribution in [0.2, 0.25) is 0 Å². The summed E-state index contributed by atoms with van der Waals surface area (Å²) in [6.07, 6.45) is 3.57. The maximum absolute atomic E-state index is 12.8. The van der Waals surface area contributed by atoms with Gasteiger partial charge in [-0.25, -0.2) is 0 Å². The van der Waals surface area contributed by atoms with Gasteiger partial charge in [-0.3, -0.25) is 4.79 Å². The van der Waals surface area contributed by atoms with Crippen LogP contribution in [-0.4, -0.2) is 37.7 Å². The van der Waals surface area contributed by atoms with Crippen molar-refractivity contribution >= 4 is 11.5 Å². The summed E-state index contributed by atoms with van der Waals surface area (Å²) in [5.74, 6) is 0.354. The molecule has 3 aliphatic rings. The first-order chi connectivity index (χ1) is 10.3. The third-order valence-corrected chi connectivity index (χ3v) is 5.03. The van der Waals surface area contributed by atoms with Crippen LogP contribution in [0, 0.1) is 5.92 Å². The van der Waals surface area contributed by atoms with Gasteiger partial charge in [0.05, 0.1) is 12.2 Å². The van der Waals surface area contributed by atoms with Crippen LogP contribution in [0.1, 0.15) is 35.2 Å². The highest BCUT2D eigenvalue weighted by Gasteiger charge is 2.43. The van der Waals surface area contributed by atoms with E-state index in [0.29, 0.717) is 13.2 Å². The number of carbonyl (C=O) groups is 1. The summed E-state index contributed by atoms with van der Waals surface area (Å²) in [6.45, 7) is 3.05. The Labute approximate surface area is 124 Å². The average molecular weight is 287 g/mol. The molecule has 4 nitrogen and oxygen atoms in total. The Morgan fingerprint density at radius 3 is 3.14 bits per heavy atom. The summed E-state index contributed by atoms with van der Waals surface area (Å²) < 4.78 is 11.4. The monoisotopic (exact) mass is 287 g/mol. The van der Waals surface area contributed by atoms with Crippen molar-refractivity contribution in [3.05, 3.63) is 29.3 Å². The number of hydrogen-bond donors (Lipinski definition) is 1. The second-order valence-electron chi connectivity index (χ2n) is 6.44. The summed E-state index contributed by atoms with van der Waals surface area (Å²) in [4.78, 5) is 12.8. The van der Waals surface area contributed by atoms with Gasteiger partial charge in [0.15, 0.2) is 5.78 Å². The van der Waals surface area contributed by atoms with Crippen LogP contribution in [0.15, 0.2) is 18.2 Å². The lowest BCUT2D eigenvalue weighted by Crippen LogP contribution is -2.42. The van der Waals surface area contributed by atoms with Gasteiger partial charge in [-0.15, -0.1) is 0 Å². The van der Waals surface area contributed by atoms with Crippen LogP contribution in [0.4, 0.5) is 5.69 Å². The predicted octanol–water partition coefficient (Wildman–Crippen LogP) is 2.42. The van der Waals surface area contributed by atoms with E-state index in [1.807, 2.05) is 12.1 Å². The molecule has 0 saturated carbocycles. The molecule has 1 N–H and O–H groups in total. The molecule has 0 aliphatic carbocycles. The highest BCUT2D eigenvalue weighted by molar-refractivity contribution is 5.98. The van der Waals surface area contributed by atoms with E-state index < -0.39 is 0 Å². The Kier molecular flexibility index (Phi) is 3.23. The van der Waals surface area contributed by atoms with E-state index in [-0.39, 0.29) is 17.3 Å². The quantitative estimate of drug-likeness (QED) is 0.849. The van der Waals surface area contributed by atoms with Crippen molar-refractivity contribution in [2.45, 2.75) is 31.3 Å². The Morgan fingerprint density at radius 2 is 2.29 bits per heavy atom. The summed E-state index contributed by atoms with van der Waals surface area (Å²) >= 11 is 0. The summed E-state index contributed by atoms with van der Waals surface area (Å²) in [6, 6.07) is 6.08. The number of rotatable bonds is 2. The standard InChI is InChI=1S/C17H21NO3/c19-16(13-1-2-15-12(9-13)3-6-18-15)14-4-7-21-17(10-14)5-8-20-11-17/h1-2,9,14,18H,3-8,10-11H2. The number of Topliss-reactive ketones (excluding diaryl/α,β-unsaturated/α-hetero) is 1. The average Bonchev–Trinajstić information content (AvgIpc) is 3.15.